The fraction of sp³-hybridized carbons (Fsp3) is 0.167. The summed E-state index contributed by atoms with van der Waals surface area (Å²) in [5, 5.41) is 3.98. The Hall–Kier alpha value is -1.92. The highest BCUT2D eigenvalue weighted by Gasteiger charge is 2.14. The van der Waals surface area contributed by atoms with Crippen molar-refractivity contribution in [3.8, 4) is 0 Å². The first-order chi connectivity index (χ1) is 9.19. The van der Waals surface area contributed by atoms with Crippen LogP contribution >= 0.6 is 11.6 Å². The zero-order chi connectivity index (χ0) is 13.7. The van der Waals surface area contributed by atoms with E-state index in [-0.39, 0.29) is 12.3 Å². The number of rotatable bonds is 5. The third-order valence-corrected chi connectivity index (χ3v) is 2.52. The van der Waals surface area contributed by atoms with E-state index in [9.17, 15) is 9.32 Å². The fourth-order valence-corrected chi connectivity index (χ4v) is 1.49. The molecule has 5 nitrogen and oxygen atoms in total. The summed E-state index contributed by atoms with van der Waals surface area (Å²) in [6.45, 7) is 0.454. The molecule has 0 radical (unpaired) electrons. The van der Waals surface area contributed by atoms with E-state index in [0.29, 0.717) is 17.4 Å². The Bertz CT molecular complexity index is 555. The van der Waals surface area contributed by atoms with Crippen molar-refractivity contribution in [2.75, 3.05) is 0 Å². The van der Waals surface area contributed by atoms with Crippen LogP contribution in [0.2, 0.25) is 5.02 Å². The number of benzene rings is 1. The van der Waals surface area contributed by atoms with E-state index in [1.165, 1.54) is 6.07 Å². The van der Waals surface area contributed by atoms with E-state index in [2.05, 4.69) is 10.1 Å². The summed E-state index contributed by atoms with van der Waals surface area (Å²) in [6, 6.07) is 8.42. The van der Waals surface area contributed by atoms with Gasteiger partial charge in [0.05, 0.1) is 6.61 Å². The van der Waals surface area contributed by atoms with Crippen molar-refractivity contribution in [3.63, 3.8) is 0 Å². The van der Waals surface area contributed by atoms with Crippen molar-refractivity contribution in [2.45, 2.75) is 13.2 Å². The summed E-state index contributed by atoms with van der Waals surface area (Å²) < 4.78 is 21.7. The third-order valence-electron chi connectivity index (χ3n) is 2.26. The lowest BCUT2D eigenvalue weighted by Crippen LogP contribution is -1.98. The molecule has 100 valence electrons. The molecule has 19 heavy (non-hydrogen) atoms. The summed E-state index contributed by atoms with van der Waals surface area (Å²) in [7, 11) is 0. The first-order valence-corrected chi connectivity index (χ1v) is 5.67. The van der Waals surface area contributed by atoms with Crippen LogP contribution in [-0.2, 0) is 22.9 Å². The van der Waals surface area contributed by atoms with Crippen LogP contribution in [0.3, 0.4) is 0 Å². The van der Waals surface area contributed by atoms with Crippen molar-refractivity contribution in [1.82, 2.24) is 5.16 Å². The minimum absolute atomic E-state index is 0.106. The molecular weight excluding hydrogens is 277 g/mol. The fourth-order valence-electron chi connectivity index (χ4n) is 1.37. The van der Waals surface area contributed by atoms with Crippen LogP contribution in [0.15, 0.2) is 34.9 Å². The van der Waals surface area contributed by atoms with E-state index in [1.807, 2.05) is 12.1 Å². The average molecular weight is 286 g/mol. The lowest BCUT2D eigenvalue weighted by molar-refractivity contribution is -0.0795. The minimum Gasteiger partial charge on any atom is -0.369 e. The van der Waals surface area contributed by atoms with Gasteiger partial charge in [-0.3, -0.25) is 0 Å². The predicted octanol–water partition coefficient (Wildman–Crippen LogP) is 3.09. The van der Waals surface area contributed by atoms with Crippen LogP contribution in [0.1, 0.15) is 21.8 Å². The molecule has 0 N–H and O–H groups in total. The number of carbonyl (C=O) groups is 1. The molecule has 2 aromatic rings. The quantitative estimate of drug-likeness (QED) is 0.845. The smallest absolute Gasteiger partial charge is 0.369 e. The molecule has 1 aromatic heterocycles. The molecular formula is C12H9ClFNO4. The van der Waals surface area contributed by atoms with Gasteiger partial charge in [-0.1, -0.05) is 28.9 Å². The summed E-state index contributed by atoms with van der Waals surface area (Å²) in [4.78, 5) is 13.8. The first kappa shape index (κ1) is 13.5. The second-order valence-electron chi connectivity index (χ2n) is 3.66. The van der Waals surface area contributed by atoms with Gasteiger partial charge in [-0.2, -0.15) is 0 Å². The number of hydrogen-bond acceptors (Lipinski definition) is 5. The monoisotopic (exact) mass is 285 g/mol. The Balaban J connectivity index is 1.84. The number of ether oxygens (including phenoxy) is 1. The molecule has 0 bridgehead atoms. The van der Waals surface area contributed by atoms with Crippen molar-refractivity contribution in [2.24, 2.45) is 0 Å². The summed E-state index contributed by atoms with van der Waals surface area (Å²) >= 11 is 5.75. The van der Waals surface area contributed by atoms with Crippen molar-refractivity contribution >= 4 is 17.6 Å². The van der Waals surface area contributed by atoms with Crippen LogP contribution in [0, 0.1) is 0 Å². The summed E-state index contributed by atoms with van der Waals surface area (Å²) in [6.07, 6.45) is 0. The molecule has 7 heteroatoms. The van der Waals surface area contributed by atoms with Crippen LogP contribution in [0.5, 0.6) is 0 Å². The van der Waals surface area contributed by atoms with Gasteiger partial charge in [0.25, 0.3) is 0 Å². The highest BCUT2D eigenvalue weighted by Crippen LogP contribution is 2.12. The van der Waals surface area contributed by atoms with Crippen molar-refractivity contribution in [1.29, 1.82) is 0 Å². The molecule has 0 spiro atoms. The maximum atomic E-state index is 11.6. The van der Waals surface area contributed by atoms with Gasteiger partial charge in [-0.25, -0.2) is 9.74 Å². The van der Waals surface area contributed by atoms with E-state index in [4.69, 9.17) is 20.9 Å². The Morgan fingerprint density at radius 1 is 1.32 bits per heavy atom. The van der Waals surface area contributed by atoms with Gasteiger partial charge >= 0.3 is 5.97 Å². The van der Waals surface area contributed by atoms with Gasteiger partial charge in [0.2, 0.25) is 0 Å². The maximum absolute atomic E-state index is 11.6. The summed E-state index contributed by atoms with van der Waals surface area (Å²) in [5.74, 6) is -0.901. The maximum Gasteiger partial charge on any atom is 0.401 e. The molecule has 0 aliphatic heterocycles. The Kier molecular flexibility index (Phi) is 4.48. The van der Waals surface area contributed by atoms with Crippen molar-refractivity contribution in [3.05, 3.63) is 52.4 Å². The molecule has 0 saturated carbocycles. The standard InChI is InChI=1S/C12H9ClFNO4/c13-9-3-1-8(2-4-9)6-17-7-10-5-11(15-19-10)12(16)18-14/h1-5H,6-7H2. The average Bonchev–Trinajstić information content (AvgIpc) is 2.89. The van der Waals surface area contributed by atoms with Crippen molar-refractivity contribution < 1.29 is 23.5 Å². The van der Waals surface area contributed by atoms with Crippen LogP contribution in [0.25, 0.3) is 0 Å². The largest absolute Gasteiger partial charge is 0.401 e. The minimum atomic E-state index is -1.20. The van der Waals surface area contributed by atoms with Crippen LogP contribution < -0.4 is 0 Å². The molecule has 0 saturated heterocycles. The number of hydrogen-bond donors (Lipinski definition) is 0. The number of aromatic nitrogens is 1. The third kappa shape index (κ3) is 3.77. The molecule has 0 fully saturated rings. The van der Waals surface area contributed by atoms with Gasteiger partial charge in [-0.15, -0.1) is 0 Å². The zero-order valence-corrected chi connectivity index (χ0v) is 10.4. The van der Waals surface area contributed by atoms with Gasteiger partial charge in [0, 0.05) is 15.6 Å². The number of nitrogens with zero attached hydrogens (tertiary/aromatic N) is 1. The first-order valence-electron chi connectivity index (χ1n) is 5.30. The number of halogens is 2. The molecule has 0 aliphatic carbocycles. The van der Waals surface area contributed by atoms with Gasteiger partial charge < -0.3 is 9.26 Å². The van der Waals surface area contributed by atoms with Gasteiger partial charge in [0.1, 0.15) is 6.61 Å². The molecule has 2 rings (SSSR count). The molecule has 1 heterocycles. The zero-order valence-electron chi connectivity index (χ0n) is 9.64. The van der Waals surface area contributed by atoms with Crippen LogP contribution in [-0.4, -0.2) is 11.1 Å². The highest BCUT2D eigenvalue weighted by molar-refractivity contribution is 6.30. The lowest BCUT2D eigenvalue weighted by atomic mass is 10.2. The van der Waals surface area contributed by atoms with E-state index >= 15 is 0 Å². The van der Waals surface area contributed by atoms with E-state index in [0.717, 1.165) is 5.56 Å². The molecule has 1 aromatic carbocycles. The molecule has 0 atom stereocenters. The Morgan fingerprint density at radius 2 is 2.05 bits per heavy atom. The predicted molar refractivity (Wildman–Crippen MR) is 63.0 cm³/mol. The molecule has 0 amide bonds. The molecule has 0 unspecified atom stereocenters. The normalized spacial score (nSPS) is 10.4. The molecule has 0 aliphatic rings. The highest BCUT2D eigenvalue weighted by atomic mass is 35.5. The van der Waals surface area contributed by atoms with E-state index in [1.54, 1.807) is 12.1 Å². The summed E-state index contributed by atoms with van der Waals surface area (Å²) in [5.41, 5.74) is 0.694. The Morgan fingerprint density at radius 3 is 2.74 bits per heavy atom. The van der Waals surface area contributed by atoms with Gasteiger partial charge in [0.15, 0.2) is 11.5 Å². The number of carbonyl (C=O) groups excluding carboxylic acids is 1. The Labute approximate surface area is 112 Å². The lowest BCUT2D eigenvalue weighted by Gasteiger charge is -2.01. The van der Waals surface area contributed by atoms with E-state index < -0.39 is 5.97 Å². The second-order valence-corrected chi connectivity index (χ2v) is 4.10. The second kappa shape index (κ2) is 6.31. The SMILES string of the molecule is O=C(OF)c1cc(COCc2ccc(Cl)cc2)on1. The van der Waals surface area contributed by atoms with Crippen LogP contribution in [0.4, 0.5) is 4.53 Å². The van der Waals surface area contributed by atoms with Gasteiger partial charge in [-0.05, 0) is 17.7 Å². The topological polar surface area (TPSA) is 61.6 Å².